The third-order valence-corrected chi connectivity index (χ3v) is 6.95. The Hall–Kier alpha value is -4.07. The minimum absolute atomic E-state index is 0.202. The number of nitrogens with zero attached hydrogens (tertiary/aromatic N) is 5. The number of hydrogen-bond acceptors (Lipinski definition) is 5. The van der Waals surface area contributed by atoms with Gasteiger partial charge >= 0.3 is 0 Å². The third-order valence-electron chi connectivity index (χ3n) is 5.74. The monoisotopic (exact) mass is 495 g/mol. The Morgan fingerprint density at radius 1 is 0.914 bits per heavy atom. The van der Waals surface area contributed by atoms with Crippen LogP contribution < -0.4 is 10.1 Å². The van der Waals surface area contributed by atoms with E-state index in [0.29, 0.717) is 20.3 Å². The molecule has 0 aliphatic carbocycles. The van der Waals surface area contributed by atoms with Crippen LogP contribution in [-0.4, -0.2) is 24.4 Å². The number of thiazole rings is 1. The predicted molar refractivity (Wildman–Crippen MR) is 140 cm³/mol. The molecule has 0 N–H and O–H groups in total. The largest absolute Gasteiger partial charge is 0.291 e. The first-order valence-electron chi connectivity index (χ1n) is 11.0. The van der Waals surface area contributed by atoms with Crippen molar-refractivity contribution < 1.29 is 0 Å². The van der Waals surface area contributed by atoms with Gasteiger partial charge in [0.2, 0.25) is 4.96 Å². The van der Waals surface area contributed by atoms with Crippen LogP contribution in [0.5, 0.6) is 0 Å². The van der Waals surface area contributed by atoms with Crippen LogP contribution in [-0.2, 0) is 0 Å². The highest BCUT2D eigenvalue weighted by molar-refractivity contribution is 7.15. The van der Waals surface area contributed by atoms with Crippen molar-refractivity contribution in [1.29, 1.82) is 0 Å². The van der Waals surface area contributed by atoms with Gasteiger partial charge in [-0.1, -0.05) is 77.5 Å². The van der Waals surface area contributed by atoms with E-state index in [9.17, 15) is 4.79 Å². The maximum absolute atomic E-state index is 13.2. The van der Waals surface area contributed by atoms with Crippen molar-refractivity contribution in [2.45, 2.75) is 6.92 Å². The van der Waals surface area contributed by atoms with Gasteiger partial charge in [0, 0.05) is 27.9 Å². The summed E-state index contributed by atoms with van der Waals surface area (Å²) in [5, 5.41) is 9.97. The zero-order valence-corrected chi connectivity index (χ0v) is 20.2. The molecule has 0 bridgehead atoms. The minimum Gasteiger partial charge on any atom is -0.266 e. The van der Waals surface area contributed by atoms with Gasteiger partial charge in [-0.25, -0.2) is 4.68 Å². The summed E-state index contributed by atoms with van der Waals surface area (Å²) in [7, 11) is 0. The molecule has 3 heterocycles. The molecule has 0 saturated heterocycles. The molecule has 6 nitrogen and oxygen atoms in total. The second kappa shape index (κ2) is 8.61. The quantitative estimate of drug-likeness (QED) is 0.338. The summed E-state index contributed by atoms with van der Waals surface area (Å²) in [6.45, 7) is 2.00. The van der Waals surface area contributed by atoms with E-state index in [1.807, 2.05) is 103 Å². The average Bonchev–Trinajstić information content (AvgIpc) is 3.56. The summed E-state index contributed by atoms with van der Waals surface area (Å²) in [6, 6.07) is 25.2. The van der Waals surface area contributed by atoms with Gasteiger partial charge < -0.3 is 0 Å². The minimum atomic E-state index is -0.202. The van der Waals surface area contributed by atoms with Crippen molar-refractivity contribution in [3.05, 3.63) is 116 Å². The molecule has 0 atom stereocenters. The van der Waals surface area contributed by atoms with Crippen LogP contribution >= 0.6 is 22.9 Å². The molecule has 0 fully saturated rings. The van der Waals surface area contributed by atoms with Crippen LogP contribution in [0.3, 0.4) is 0 Å². The van der Waals surface area contributed by atoms with Crippen molar-refractivity contribution in [2.24, 2.45) is 0 Å². The van der Waals surface area contributed by atoms with E-state index in [4.69, 9.17) is 16.7 Å². The van der Waals surface area contributed by atoms with Gasteiger partial charge in [0.25, 0.3) is 5.56 Å². The molecule has 0 spiro atoms. The summed E-state index contributed by atoms with van der Waals surface area (Å²) in [6.07, 6.45) is 3.78. The smallest absolute Gasteiger partial charge is 0.266 e. The molecule has 170 valence electrons. The Morgan fingerprint density at radius 3 is 2.40 bits per heavy atom. The van der Waals surface area contributed by atoms with Crippen molar-refractivity contribution in [1.82, 2.24) is 24.4 Å². The van der Waals surface area contributed by atoms with Gasteiger partial charge in [-0.2, -0.15) is 14.6 Å². The lowest BCUT2D eigenvalue weighted by molar-refractivity contribution is 0.884. The van der Waals surface area contributed by atoms with Gasteiger partial charge in [-0.3, -0.25) is 4.79 Å². The molecule has 0 unspecified atom stereocenters. The number of aromatic nitrogens is 5. The standard InChI is InChI=1S/C27H18ClN5OS/c1-17-7-5-6-10-22(17)25-29-27-33(31-25)26(34)23(35-27)15-19-16-32(21-8-3-2-4-9-21)30-24(19)18-11-13-20(28)14-12-18/h2-16H,1H3/b23-15-. The highest BCUT2D eigenvalue weighted by Gasteiger charge is 2.15. The molecule has 0 aliphatic heterocycles. The van der Waals surface area contributed by atoms with Crippen LogP contribution in [0.15, 0.2) is 89.9 Å². The van der Waals surface area contributed by atoms with Crippen LogP contribution in [0, 0.1) is 6.92 Å². The molecule has 3 aromatic carbocycles. The van der Waals surface area contributed by atoms with Crippen LogP contribution in [0.4, 0.5) is 0 Å². The first-order valence-corrected chi connectivity index (χ1v) is 12.1. The SMILES string of the molecule is Cc1ccccc1-c1nc2s/c(=C\c3cn(-c4ccccc4)nc3-c3ccc(Cl)cc3)c(=O)n2n1. The highest BCUT2D eigenvalue weighted by atomic mass is 35.5. The highest BCUT2D eigenvalue weighted by Crippen LogP contribution is 2.26. The van der Waals surface area contributed by atoms with E-state index >= 15 is 0 Å². The number of fused-ring (bicyclic) bond motifs is 1. The maximum atomic E-state index is 13.2. The lowest BCUT2D eigenvalue weighted by Gasteiger charge is -2.00. The molecular weight excluding hydrogens is 478 g/mol. The molecule has 0 saturated carbocycles. The third kappa shape index (κ3) is 3.95. The number of rotatable bonds is 4. The molecule has 6 aromatic rings. The van der Waals surface area contributed by atoms with Crippen LogP contribution in [0.25, 0.3) is 39.4 Å². The van der Waals surface area contributed by atoms with Gasteiger partial charge in [0.05, 0.1) is 10.2 Å². The number of halogens is 1. The normalized spacial score (nSPS) is 12.0. The van der Waals surface area contributed by atoms with E-state index in [0.717, 1.165) is 33.6 Å². The summed E-state index contributed by atoms with van der Waals surface area (Å²) < 4.78 is 3.73. The maximum Gasteiger partial charge on any atom is 0.291 e. The van der Waals surface area contributed by atoms with E-state index < -0.39 is 0 Å². The molecule has 3 aromatic heterocycles. The Kier molecular flexibility index (Phi) is 5.28. The van der Waals surface area contributed by atoms with E-state index in [-0.39, 0.29) is 5.56 Å². The van der Waals surface area contributed by atoms with Crippen molar-refractivity contribution in [3.63, 3.8) is 0 Å². The number of hydrogen-bond donors (Lipinski definition) is 0. The summed E-state index contributed by atoms with van der Waals surface area (Å²) in [5.41, 5.74) is 5.18. The topological polar surface area (TPSA) is 65.1 Å². The number of aryl methyl sites for hydroxylation is 1. The zero-order valence-electron chi connectivity index (χ0n) is 18.6. The molecule has 0 radical (unpaired) electrons. The zero-order chi connectivity index (χ0) is 23.9. The molecule has 35 heavy (non-hydrogen) atoms. The van der Waals surface area contributed by atoms with Gasteiger partial charge in [-0.05, 0) is 42.8 Å². The Bertz CT molecular complexity index is 1790. The van der Waals surface area contributed by atoms with Crippen molar-refractivity contribution >= 4 is 34.0 Å². The van der Waals surface area contributed by atoms with E-state index in [1.54, 1.807) is 0 Å². The Labute approximate surface area is 209 Å². The number of para-hydroxylation sites is 1. The average molecular weight is 496 g/mol. The molecule has 6 rings (SSSR count). The van der Waals surface area contributed by atoms with Gasteiger partial charge in [-0.15, -0.1) is 5.10 Å². The molecular formula is C27H18ClN5OS. The summed E-state index contributed by atoms with van der Waals surface area (Å²) >= 11 is 7.41. The molecule has 0 aliphatic rings. The summed E-state index contributed by atoms with van der Waals surface area (Å²) in [4.78, 5) is 18.4. The lowest BCUT2D eigenvalue weighted by atomic mass is 10.1. The predicted octanol–water partition coefficient (Wildman–Crippen LogP) is 5.18. The lowest BCUT2D eigenvalue weighted by Crippen LogP contribution is -2.23. The van der Waals surface area contributed by atoms with Crippen LogP contribution in [0.1, 0.15) is 11.1 Å². The van der Waals surface area contributed by atoms with Crippen molar-refractivity contribution in [2.75, 3.05) is 0 Å². The van der Waals surface area contributed by atoms with Crippen LogP contribution in [0.2, 0.25) is 5.02 Å². The second-order valence-electron chi connectivity index (χ2n) is 8.08. The Balaban J connectivity index is 1.50. The van der Waals surface area contributed by atoms with E-state index in [2.05, 4.69) is 10.1 Å². The second-order valence-corrected chi connectivity index (χ2v) is 9.53. The van der Waals surface area contributed by atoms with Gasteiger partial charge in [0.15, 0.2) is 5.82 Å². The number of benzene rings is 3. The Morgan fingerprint density at radius 2 is 1.66 bits per heavy atom. The molecule has 0 amide bonds. The first kappa shape index (κ1) is 21.5. The fourth-order valence-corrected chi connectivity index (χ4v) is 4.98. The van der Waals surface area contributed by atoms with E-state index in [1.165, 1.54) is 15.9 Å². The fourth-order valence-electron chi connectivity index (χ4n) is 3.95. The van der Waals surface area contributed by atoms with Gasteiger partial charge in [0.1, 0.15) is 5.69 Å². The molecule has 8 heteroatoms. The first-order chi connectivity index (χ1) is 17.1. The van der Waals surface area contributed by atoms with Crippen molar-refractivity contribution in [3.8, 4) is 28.3 Å². The fraction of sp³-hybridized carbons (Fsp3) is 0.0370. The summed E-state index contributed by atoms with van der Waals surface area (Å²) in [5.74, 6) is 0.553.